The Hall–Kier alpha value is -1.84. The van der Waals surface area contributed by atoms with Gasteiger partial charge >= 0.3 is 0 Å². The van der Waals surface area contributed by atoms with E-state index in [0.29, 0.717) is 0 Å². The summed E-state index contributed by atoms with van der Waals surface area (Å²) in [5, 5.41) is 4.35. The van der Waals surface area contributed by atoms with Crippen molar-refractivity contribution in [2.24, 2.45) is 7.05 Å². The number of hydrogen-bond acceptors (Lipinski definition) is 3. The van der Waals surface area contributed by atoms with Crippen LogP contribution in [-0.4, -0.2) is 20.9 Å². The smallest absolute Gasteiger partial charge is 0.181 e. The first kappa shape index (κ1) is 11.6. The van der Waals surface area contributed by atoms with Crippen LogP contribution in [0.2, 0.25) is 0 Å². The van der Waals surface area contributed by atoms with Gasteiger partial charge in [-0.3, -0.25) is 4.68 Å². The Kier molecular flexibility index (Phi) is 3.13. The van der Waals surface area contributed by atoms with Crippen molar-refractivity contribution >= 4 is 0 Å². The summed E-state index contributed by atoms with van der Waals surface area (Å²) in [5.74, 6) is 2.48. The summed E-state index contributed by atoms with van der Waals surface area (Å²) >= 11 is 0. The van der Waals surface area contributed by atoms with E-state index in [1.54, 1.807) is 4.68 Å². The second kappa shape index (κ2) is 4.57. The van der Waals surface area contributed by atoms with Gasteiger partial charge in [0, 0.05) is 12.6 Å². The lowest BCUT2D eigenvalue weighted by Crippen LogP contribution is -2.05. The molecule has 4 heteroatoms. The molecule has 0 saturated carbocycles. The van der Waals surface area contributed by atoms with Crippen molar-refractivity contribution in [3.63, 3.8) is 0 Å². The van der Waals surface area contributed by atoms with Crippen LogP contribution in [0.1, 0.15) is 19.7 Å². The van der Waals surface area contributed by atoms with E-state index in [9.17, 15) is 0 Å². The lowest BCUT2D eigenvalue weighted by atomic mass is 10.2. The molecule has 0 atom stereocenters. The molecule has 0 saturated heterocycles. The van der Waals surface area contributed by atoms with Gasteiger partial charge in [-0.2, -0.15) is 5.10 Å². The van der Waals surface area contributed by atoms with Crippen LogP contribution in [0.25, 0.3) is 11.4 Å². The van der Waals surface area contributed by atoms with Gasteiger partial charge in [-0.05, 0) is 32.9 Å². The molecule has 0 aliphatic carbocycles. The summed E-state index contributed by atoms with van der Waals surface area (Å²) in [6.45, 7) is 5.96. The number of nitrogens with zero attached hydrogens (tertiary/aromatic N) is 3. The van der Waals surface area contributed by atoms with Crippen molar-refractivity contribution in [1.29, 1.82) is 0 Å². The molecule has 0 aliphatic rings. The van der Waals surface area contributed by atoms with E-state index in [0.717, 1.165) is 23.0 Å². The Labute approximate surface area is 101 Å². The molecule has 2 rings (SSSR count). The molecule has 0 N–H and O–H groups in total. The zero-order valence-corrected chi connectivity index (χ0v) is 10.6. The molecule has 0 aliphatic heterocycles. The first-order chi connectivity index (χ1) is 8.06. The van der Waals surface area contributed by atoms with Gasteiger partial charge in [-0.1, -0.05) is 12.1 Å². The summed E-state index contributed by atoms with van der Waals surface area (Å²) in [6.07, 6.45) is 0.170. The van der Waals surface area contributed by atoms with Crippen LogP contribution in [0, 0.1) is 6.92 Å². The summed E-state index contributed by atoms with van der Waals surface area (Å²) in [6, 6.07) is 7.86. The van der Waals surface area contributed by atoms with Crippen LogP contribution < -0.4 is 4.74 Å². The zero-order valence-electron chi connectivity index (χ0n) is 10.6. The highest BCUT2D eigenvalue weighted by Crippen LogP contribution is 2.21. The molecule has 17 heavy (non-hydrogen) atoms. The van der Waals surface area contributed by atoms with Crippen molar-refractivity contribution < 1.29 is 4.74 Å². The van der Waals surface area contributed by atoms with Gasteiger partial charge in [0.1, 0.15) is 11.6 Å². The van der Waals surface area contributed by atoms with Crippen molar-refractivity contribution in [3.05, 3.63) is 30.1 Å². The zero-order chi connectivity index (χ0) is 12.4. The third kappa shape index (κ3) is 2.64. The molecule has 0 spiro atoms. The van der Waals surface area contributed by atoms with Crippen LogP contribution in [0.3, 0.4) is 0 Å². The van der Waals surface area contributed by atoms with Gasteiger partial charge in [0.05, 0.1) is 6.10 Å². The summed E-state index contributed by atoms with van der Waals surface area (Å²) in [5.41, 5.74) is 0.979. The quantitative estimate of drug-likeness (QED) is 0.815. The number of rotatable bonds is 3. The number of hydrogen-bond donors (Lipinski definition) is 0. The number of ether oxygens (including phenoxy) is 1. The monoisotopic (exact) mass is 231 g/mol. The second-order valence-corrected chi connectivity index (χ2v) is 4.30. The third-order valence-corrected chi connectivity index (χ3v) is 2.44. The maximum atomic E-state index is 5.65. The van der Waals surface area contributed by atoms with Gasteiger partial charge in [0.15, 0.2) is 5.82 Å². The fourth-order valence-electron chi connectivity index (χ4n) is 1.57. The second-order valence-electron chi connectivity index (χ2n) is 4.30. The standard InChI is InChI=1S/C13H17N3O/c1-9(2)17-12-7-5-6-11(8-12)13-14-10(3)16(4)15-13/h5-9H,1-4H3. The van der Waals surface area contributed by atoms with Gasteiger partial charge in [0.2, 0.25) is 0 Å². The SMILES string of the molecule is Cc1nc(-c2cccc(OC(C)C)c2)nn1C. The maximum absolute atomic E-state index is 5.65. The summed E-state index contributed by atoms with van der Waals surface area (Å²) in [4.78, 5) is 4.40. The van der Waals surface area contributed by atoms with Crippen LogP contribution in [-0.2, 0) is 7.05 Å². The molecular weight excluding hydrogens is 214 g/mol. The Bertz CT molecular complexity index is 498. The van der Waals surface area contributed by atoms with Crippen LogP contribution in [0.15, 0.2) is 24.3 Å². The average Bonchev–Trinajstić information content (AvgIpc) is 2.59. The van der Waals surface area contributed by atoms with E-state index >= 15 is 0 Å². The minimum Gasteiger partial charge on any atom is -0.491 e. The largest absolute Gasteiger partial charge is 0.491 e. The Morgan fingerprint density at radius 1 is 1.29 bits per heavy atom. The van der Waals surface area contributed by atoms with Crippen LogP contribution in [0.5, 0.6) is 5.75 Å². The highest BCUT2D eigenvalue weighted by molar-refractivity contribution is 5.57. The minimum absolute atomic E-state index is 0.170. The highest BCUT2D eigenvalue weighted by atomic mass is 16.5. The molecule has 2 aromatic rings. The number of benzene rings is 1. The lowest BCUT2D eigenvalue weighted by Gasteiger charge is -2.09. The third-order valence-electron chi connectivity index (χ3n) is 2.44. The highest BCUT2D eigenvalue weighted by Gasteiger charge is 2.07. The first-order valence-electron chi connectivity index (χ1n) is 5.71. The Balaban J connectivity index is 2.32. The molecule has 0 unspecified atom stereocenters. The predicted molar refractivity (Wildman–Crippen MR) is 66.9 cm³/mol. The molecule has 1 aromatic heterocycles. The Morgan fingerprint density at radius 2 is 2.06 bits per heavy atom. The van der Waals surface area contributed by atoms with E-state index in [1.165, 1.54) is 0 Å². The van der Waals surface area contributed by atoms with E-state index < -0.39 is 0 Å². The van der Waals surface area contributed by atoms with E-state index in [2.05, 4.69) is 10.1 Å². The number of aromatic nitrogens is 3. The molecule has 1 aromatic carbocycles. The van der Waals surface area contributed by atoms with Crippen molar-refractivity contribution in [2.75, 3.05) is 0 Å². The molecule has 0 bridgehead atoms. The molecule has 90 valence electrons. The maximum Gasteiger partial charge on any atom is 0.181 e. The minimum atomic E-state index is 0.170. The fraction of sp³-hybridized carbons (Fsp3) is 0.385. The molecule has 4 nitrogen and oxygen atoms in total. The lowest BCUT2D eigenvalue weighted by molar-refractivity contribution is 0.242. The molecular formula is C13H17N3O. The van der Waals surface area contributed by atoms with Crippen molar-refractivity contribution in [3.8, 4) is 17.1 Å². The van der Waals surface area contributed by atoms with Crippen LogP contribution >= 0.6 is 0 Å². The molecule has 1 heterocycles. The van der Waals surface area contributed by atoms with Crippen molar-refractivity contribution in [1.82, 2.24) is 14.8 Å². The van der Waals surface area contributed by atoms with Crippen molar-refractivity contribution in [2.45, 2.75) is 26.9 Å². The summed E-state index contributed by atoms with van der Waals surface area (Å²) < 4.78 is 7.42. The number of aryl methyl sites for hydroxylation is 2. The molecule has 0 fully saturated rings. The van der Waals surface area contributed by atoms with Gasteiger partial charge < -0.3 is 4.74 Å². The Morgan fingerprint density at radius 3 is 2.65 bits per heavy atom. The first-order valence-corrected chi connectivity index (χ1v) is 5.71. The van der Waals surface area contributed by atoms with E-state index in [4.69, 9.17) is 4.74 Å². The van der Waals surface area contributed by atoms with Gasteiger partial charge in [-0.15, -0.1) is 0 Å². The van der Waals surface area contributed by atoms with Gasteiger partial charge in [-0.25, -0.2) is 4.98 Å². The molecule has 0 amide bonds. The average molecular weight is 231 g/mol. The fourth-order valence-corrected chi connectivity index (χ4v) is 1.57. The summed E-state index contributed by atoms with van der Waals surface area (Å²) in [7, 11) is 1.89. The van der Waals surface area contributed by atoms with E-state index in [1.807, 2.05) is 52.1 Å². The normalized spacial score (nSPS) is 10.9. The topological polar surface area (TPSA) is 39.9 Å². The molecule has 0 radical (unpaired) electrons. The van der Waals surface area contributed by atoms with E-state index in [-0.39, 0.29) is 6.10 Å². The predicted octanol–water partition coefficient (Wildman–Crippen LogP) is 2.58. The van der Waals surface area contributed by atoms with Crippen LogP contribution in [0.4, 0.5) is 0 Å². The van der Waals surface area contributed by atoms with Gasteiger partial charge in [0.25, 0.3) is 0 Å².